The number of nitrogens with one attached hydrogen (secondary N) is 1. The van der Waals surface area contributed by atoms with Crippen molar-refractivity contribution in [3.8, 4) is 0 Å². The first-order chi connectivity index (χ1) is 6.30. The third-order valence-corrected chi connectivity index (χ3v) is 1.69. The van der Waals surface area contributed by atoms with Gasteiger partial charge in [-0.25, -0.2) is 4.98 Å². The van der Waals surface area contributed by atoms with Crippen molar-refractivity contribution in [2.45, 2.75) is 5.16 Å². The first-order valence-corrected chi connectivity index (χ1v) is 4.55. The number of anilines is 1. The molecular weight excluding hydrogens is 190 g/mol. The third kappa shape index (κ3) is 2.46. The monoisotopic (exact) mass is 197 g/mol. The average molecular weight is 197 g/mol. The quantitative estimate of drug-likeness (QED) is 0.343. The predicted molar refractivity (Wildman–Crippen MR) is 50.0 cm³/mol. The van der Waals surface area contributed by atoms with Crippen molar-refractivity contribution in [1.29, 1.82) is 0 Å². The summed E-state index contributed by atoms with van der Waals surface area (Å²) in [6.45, 7) is 0. The van der Waals surface area contributed by atoms with Gasteiger partial charge in [0.2, 0.25) is 11.9 Å². The zero-order valence-electron chi connectivity index (χ0n) is 7.09. The van der Waals surface area contributed by atoms with Crippen molar-refractivity contribution in [1.82, 2.24) is 15.0 Å². The van der Waals surface area contributed by atoms with Gasteiger partial charge in [-0.2, -0.15) is 9.97 Å². The number of thioether (sulfide) groups is 1. The van der Waals surface area contributed by atoms with Crippen LogP contribution in [0.4, 0.5) is 11.9 Å². The third-order valence-electron chi connectivity index (χ3n) is 1.14. The van der Waals surface area contributed by atoms with Gasteiger partial charge in [-0.15, -0.1) is 0 Å². The van der Waals surface area contributed by atoms with Gasteiger partial charge in [0.25, 0.3) is 0 Å². The summed E-state index contributed by atoms with van der Waals surface area (Å²) in [4.78, 5) is 14.3. The summed E-state index contributed by atoms with van der Waals surface area (Å²) in [5.74, 6) is 0.466. The number of hydrogen-bond acceptors (Lipinski definition) is 6. The lowest BCUT2D eigenvalue weighted by Crippen LogP contribution is -1.98. The molecule has 7 nitrogen and oxygen atoms in total. The van der Waals surface area contributed by atoms with Gasteiger partial charge in [0.1, 0.15) is 0 Å². The largest absolute Gasteiger partial charge is 0.357 e. The Morgan fingerprint density at radius 3 is 2.77 bits per heavy atom. The standard InChI is InChI=1S/C5H7N7S/c1-7-3-8-4(11-12-6)10-5(9-3)13-2/h1-2H3,(H,7,8,9,10). The van der Waals surface area contributed by atoms with E-state index in [1.807, 2.05) is 6.26 Å². The highest BCUT2D eigenvalue weighted by Gasteiger charge is 2.01. The molecule has 0 aliphatic rings. The van der Waals surface area contributed by atoms with E-state index in [1.54, 1.807) is 7.05 Å². The summed E-state index contributed by atoms with van der Waals surface area (Å²) >= 11 is 1.35. The van der Waals surface area contributed by atoms with E-state index >= 15 is 0 Å². The van der Waals surface area contributed by atoms with Gasteiger partial charge in [0.15, 0.2) is 5.16 Å². The van der Waals surface area contributed by atoms with Gasteiger partial charge in [-0.1, -0.05) is 11.8 Å². The predicted octanol–water partition coefficient (Wildman–Crippen LogP) is 1.58. The average Bonchev–Trinajstić information content (AvgIpc) is 2.17. The van der Waals surface area contributed by atoms with E-state index in [-0.39, 0.29) is 5.95 Å². The summed E-state index contributed by atoms with van der Waals surface area (Å²) < 4.78 is 0. The molecule has 0 radical (unpaired) electrons. The maximum absolute atomic E-state index is 8.18. The van der Waals surface area contributed by atoms with Gasteiger partial charge < -0.3 is 5.32 Å². The highest BCUT2D eigenvalue weighted by atomic mass is 32.2. The van der Waals surface area contributed by atoms with Gasteiger partial charge in [0, 0.05) is 12.0 Å². The minimum absolute atomic E-state index is 0.0752. The fraction of sp³-hybridized carbons (Fsp3) is 0.400. The van der Waals surface area contributed by atoms with Crippen molar-refractivity contribution in [2.24, 2.45) is 5.11 Å². The molecule has 1 rings (SSSR count). The van der Waals surface area contributed by atoms with Gasteiger partial charge >= 0.3 is 0 Å². The van der Waals surface area contributed by atoms with Crippen LogP contribution in [0.1, 0.15) is 0 Å². The second kappa shape index (κ2) is 4.48. The molecule has 0 aliphatic heterocycles. The molecule has 1 aromatic rings. The van der Waals surface area contributed by atoms with Crippen molar-refractivity contribution in [3.63, 3.8) is 0 Å². The van der Waals surface area contributed by atoms with Crippen LogP contribution in [0.2, 0.25) is 0 Å². The van der Waals surface area contributed by atoms with Crippen molar-refractivity contribution < 1.29 is 0 Å². The maximum Gasteiger partial charge on any atom is 0.226 e. The number of nitrogens with zero attached hydrogens (tertiary/aromatic N) is 6. The lowest BCUT2D eigenvalue weighted by Gasteiger charge is -2.00. The Hall–Kier alpha value is -1.53. The van der Waals surface area contributed by atoms with Crippen LogP contribution in [0.25, 0.3) is 10.4 Å². The molecule has 0 fully saturated rings. The number of aromatic nitrogens is 3. The Labute approximate surface area is 78.6 Å². The highest BCUT2D eigenvalue weighted by Crippen LogP contribution is 2.14. The Morgan fingerprint density at radius 2 is 2.23 bits per heavy atom. The molecule has 0 bridgehead atoms. The molecule has 0 amide bonds. The summed E-state index contributed by atoms with van der Waals surface area (Å²) in [6.07, 6.45) is 1.83. The molecule has 0 saturated heterocycles. The summed E-state index contributed by atoms with van der Waals surface area (Å²) in [5, 5.41) is 6.55. The first kappa shape index (κ1) is 9.56. The molecule has 0 spiro atoms. The minimum atomic E-state index is 0.0752. The van der Waals surface area contributed by atoms with Crippen molar-refractivity contribution in [3.05, 3.63) is 10.4 Å². The number of azide groups is 1. The summed E-state index contributed by atoms with van der Waals surface area (Å²) in [7, 11) is 1.68. The van der Waals surface area contributed by atoms with E-state index in [1.165, 1.54) is 11.8 Å². The van der Waals surface area contributed by atoms with E-state index in [4.69, 9.17) is 5.53 Å². The van der Waals surface area contributed by atoms with Crippen LogP contribution in [-0.4, -0.2) is 28.3 Å². The van der Waals surface area contributed by atoms with Crippen molar-refractivity contribution >= 4 is 23.7 Å². The second-order valence-corrected chi connectivity index (χ2v) is 2.66. The minimum Gasteiger partial charge on any atom is -0.357 e. The summed E-state index contributed by atoms with van der Waals surface area (Å²) in [5.41, 5.74) is 8.18. The molecule has 0 unspecified atom stereocenters. The maximum atomic E-state index is 8.18. The topological polar surface area (TPSA) is 99.5 Å². The lowest BCUT2D eigenvalue weighted by atomic mass is 10.9. The molecule has 0 aromatic carbocycles. The SMILES string of the molecule is CNc1nc(N=[N+]=[N-])nc(SC)n1. The van der Waals surface area contributed by atoms with Crippen LogP contribution in [0.3, 0.4) is 0 Å². The van der Waals surface area contributed by atoms with Gasteiger partial charge in [-0.3, -0.25) is 0 Å². The van der Waals surface area contributed by atoms with E-state index in [0.29, 0.717) is 11.1 Å². The van der Waals surface area contributed by atoms with E-state index in [9.17, 15) is 0 Å². The van der Waals surface area contributed by atoms with Gasteiger partial charge in [-0.05, 0) is 16.9 Å². The second-order valence-electron chi connectivity index (χ2n) is 1.89. The van der Waals surface area contributed by atoms with Gasteiger partial charge in [0.05, 0.1) is 0 Å². The van der Waals surface area contributed by atoms with Crippen LogP contribution in [-0.2, 0) is 0 Å². The van der Waals surface area contributed by atoms with Crippen molar-refractivity contribution in [2.75, 3.05) is 18.6 Å². The van der Waals surface area contributed by atoms with Crippen LogP contribution in [0.5, 0.6) is 0 Å². The number of rotatable bonds is 3. The zero-order valence-corrected chi connectivity index (χ0v) is 7.91. The first-order valence-electron chi connectivity index (χ1n) is 3.33. The Balaban J connectivity index is 3.14. The highest BCUT2D eigenvalue weighted by molar-refractivity contribution is 7.98. The normalized spacial score (nSPS) is 9.08. The fourth-order valence-corrected chi connectivity index (χ4v) is 0.984. The summed E-state index contributed by atoms with van der Waals surface area (Å²) in [6, 6.07) is 0. The Bertz CT molecular complexity index is 322. The van der Waals surface area contributed by atoms with E-state index in [2.05, 4.69) is 30.3 Å². The van der Waals surface area contributed by atoms with Crippen LogP contribution in [0.15, 0.2) is 10.3 Å². The van der Waals surface area contributed by atoms with Crippen LogP contribution in [0, 0.1) is 0 Å². The molecule has 68 valence electrons. The molecule has 1 heterocycles. The molecule has 8 heteroatoms. The Morgan fingerprint density at radius 1 is 1.46 bits per heavy atom. The molecule has 1 N–H and O–H groups in total. The number of hydrogen-bond donors (Lipinski definition) is 1. The molecule has 1 aromatic heterocycles. The molecule has 0 saturated carbocycles. The fourth-order valence-electron chi connectivity index (χ4n) is 0.634. The molecular formula is C5H7N7S. The van der Waals surface area contributed by atoms with Crippen LogP contribution >= 0.6 is 11.8 Å². The van der Waals surface area contributed by atoms with E-state index in [0.717, 1.165) is 0 Å². The Kier molecular flexibility index (Phi) is 3.30. The van der Waals surface area contributed by atoms with Crippen LogP contribution < -0.4 is 5.32 Å². The smallest absolute Gasteiger partial charge is 0.226 e. The van der Waals surface area contributed by atoms with E-state index < -0.39 is 0 Å². The molecule has 0 aliphatic carbocycles. The lowest BCUT2D eigenvalue weighted by molar-refractivity contribution is 0.906. The molecule has 0 atom stereocenters. The molecule has 13 heavy (non-hydrogen) atoms. The zero-order chi connectivity index (χ0) is 9.68.